The fourth-order valence-corrected chi connectivity index (χ4v) is 4.71. The van der Waals surface area contributed by atoms with Crippen LogP contribution in [-0.2, 0) is 13.0 Å². The van der Waals surface area contributed by atoms with Gasteiger partial charge in [0, 0.05) is 12.1 Å². The summed E-state index contributed by atoms with van der Waals surface area (Å²) in [4.78, 5) is 2.26. The van der Waals surface area contributed by atoms with Crippen molar-refractivity contribution in [2.24, 2.45) is 5.73 Å². The first-order valence-electron chi connectivity index (χ1n) is 12.7. The topological polar surface area (TPSA) is 62.6 Å². The van der Waals surface area contributed by atoms with Gasteiger partial charge in [-0.25, -0.2) is 0 Å². The summed E-state index contributed by atoms with van der Waals surface area (Å²) in [6, 6.07) is 14.8. The first-order chi connectivity index (χ1) is 17.6. The van der Waals surface area contributed by atoms with Gasteiger partial charge in [-0.3, -0.25) is 15.5 Å². The highest BCUT2D eigenvalue weighted by atomic mass is 16.5. The molecule has 5 nitrogen and oxygen atoms in total. The van der Waals surface area contributed by atoms with Crippen molar-refractivity contribution in [3.05, 3.63) is 101 Å². The van der Waals surface area contributed by atoms with Crippen molar-refractivity contribution in [1.82, 2.24) is 15.5 Å². The number of para-hydroxylation sites is 1. The third-order valence-electron chi connectivity index (χ3n) is 6.49. The Hall–Kier alpha value is -3.14. The van der Waals surface area contributed by atoms with Crippen LogP contribution in [0.2, 0.25) is 0 Å². The van der Waals surface area contributed by atoms with Crippen LogP contribution < -0.4 is 21.1 Å². The standard InChI is InChI=1S/C31H40N4O/c1-6-9-10-11-17-24-18-13-20-27(28(24)36-5)31-34-29(26-19-12-16-23(21-26)22-32)33-30(35(31)4)25(14-7-2)15-8-3/h2,8,10-16,18-21,29-31,33-34H,6,9,17,22,32H2,1,3-5H3/b11-10-,15-8-,25-14+. The Labute approximate surface area is 217 Å². The molecular weight excluding hydrogens is 444 g/mol. The number of hydrogen-bond donors (Lipinski definition) is 3. The number of nitrogens with zero attached hydrogens (tertiary/aromatic N) is 1. The van der Waals surface area contributed by atoms with E-state index in [1.165, 1.54) is 5.56 Å². The smallest absolute Gasteiger partial charge is 0.128 e. The summed E-state index contributed by atoms with van der Waals surface area (Å²) in [5.74, 6) is 3.62. The number of nitrogens with one attached hydrogen (secondary N) is 2. The van der Waals surface area contributed by atoms with E-state index in [4.69, 9.17) is 16.9 Å². The third-order valence-corrected chi connectivity index (χ3v) is 6.49. The number of benzene rings is 2. The minimum absolute atomic E-state index is 0.118. The summed E-state index contributed by atoms with van der Waals surface area (Å²) in [5, 5.41) is 7.56. The van der Waals surface area contributed by atoms with Crippen LogP contribution >= 0.6 is 0 Å². The monoisotopic (exact) mass is 484 g/mol. The Morgan fingerprint density at radius 1 is 1.19 bits per heavy atom. The first-order valence-corrected chi connectivity index (χ1v) is 12.7. The van der Waals surface area contributed by atoms with Crippen molar-refractivity contribution in [2.75, 3.05) is 14.2 Å². The molecule has 3 unspecified atom stereocenters. The van der Waals surface area contributed by atoms with E-state index in [0.717, 1.165) is 47.3 Å². The van der Waals surface area contributed by atoms with E-state index >= 15 is 0 Å². The average Bonchev–Trinajstić information content (AvgIpc) is 2.91. The quantitative estimate of drug-likeness (QED) is 0.242. The molecule has 1 heterocycles. The number of terminal acetylenes is 1. The summed E-state index contributed by atoms with van der Waals surface area (Å²) in [5.41, 5.74) is 11.4. The van der Waals surface area contributed by atoms with E-state index in [2.05, 4.69) is 96.1 Å². The lowest BCUT2D eigenvalue weighted by atomic mass is 9.98. The van der Waals surface area contributed by atoms with Crippen LogP contribution in [0.1, 0.15) is 61.3 Å². The van der Waals surface area contributed by atoms with Crippen LogP contribution in [0, 0.1) is 12.3 Å². The Morgan fingerprint density at radius 2 is 2.00 bits per heavy atom. The third kappa shape index (κ3) is 6.54. The molecule has 0 aromatic heterocycles. The number of rotatable bonds is 10. The number of unbranched alkanes of at least 4 members (excludes halogenated alkanes) is 1. The van der Waals surface area contributed by atoms with Crippen LogP contribution in [0.5, 0.6) is 5.75 Å². The Kier molecular flexibility index (Phi) is 10.5. The Balaban J connectivity index is 2.07. The van der Waals surface area contributed by atoms with Gasteiger partial charge in [0.25, 0.3) is 0 Å². The van der Waals surface area contributed by atoms with Crippen molar-refractivity contribution < 1.29 is 4.74 Å². The highest BCUT2D eigenvalue weighted by Crippen LogP contribution is 2.36. The molecule has 5 heteroatoms. The molecule has 0 aliphatic carbocycles. The molecule has 1 aliphatic heterocycles. The average molecular weight is 485 g/mol. The second kappa shape index (κ2) is 13.8. The summed E-state index contributed by atoms with van der Waals surface area (Å²) < 4.78 is 6.00. The summed E-state index contributed by atoms with van der Waals surface area (Å²) in [6.45, 7) is 4.69. The van der Waals surface area contributed by atoms with Crippen LogP contribution in [0.4, 0.5) is 0 Å². The number of hydrogen-bond acceptors (Lipinski definition) is 5. The van der Waals surface area contributed by atoms with Gasteiger partial charge in [-0.2, -0.15) is 0 Å². The fourth-order valence-electron chi connectivity index (χ4n) is 4.71. The largest absolute Gasteiger partial charge is 0.496 e. The van der Waals surface area contributed by atoms with Gasteiger partial charge in [0.15, 0.2) is 0 Å². The SMILES string of the molecule is C#C/C=C(\C=C/C)C1NC(c2cccc(CN)c2)NC(c2cccc(C/C=C\CCC)c2OC)N1C. The molecule has 3 atom stereocenters. The summed E-state index contributed by atoms with van der Waals surface area (Å²) in [6.07, 6.45) is 18.8. The molecule has 2 aromatic rings. The number of allylic oxidation sites excluding steroid dienone is 4. The van der Waals surface area contributed by atoms with Gasteiger partial charge in [-0.1, -0.05) is 86.0 Å². The molecule has 0 saturated carbocycles. The molecule has 1 saturated heterocycles. The van der Waals surface area contributed by atoms with Gasteiger partial charge in [-0.15, -0.1) is 6.42 Å². The number of nitrogens with two attached hydrogens (primary N) is 1. The van der Waals surface area contributed by atoms with Crippen molar-refractivity contribution in [2.45, 2.75) is 58.2 Å². The lowest BCUT2D eigenvalue weighted by Gasteiger charge is -2.46. The molecule has 0 radical (unpaired) electrons. The Morgan fingerprint density at radius 3 is 2.69 bits per heavy atom. The lowest BCUT2D eigenvalue weighted by molar-refractivity contribution is 0.0616. The van der Waals surface area contributed by atoms with Crippen LogP contribution in [0.15, 0.2) is 78.4 Å². The molecule has 3 rings (SSSR count). The lowest BCUT2D eigenvalue weighted by Crippen LogP contribution is -2.60. The van der Waals surface area contributed by atoms with Crippen LogP contribution in [0.3, 0.4) is 0 Å². The Bertz CT molecular complexity index is 1130. The van der Waals surface area contributed by atoms with Gasteiger partial charge < -0.3 is 10.5 Å². The minimum Gasteiger partial charge on any atom is -0.496 e. The zero-order chi connectivity index (χ0) is 25.9. The van der Waals surface area contributed by atoms with Crippen LogP contribution in [0.25, 0.3) is 0 Å². The first kappa shape index (κ1) is 27.4. The van der Waals surface area contributed by atoms with E-state index in [-0.39, 0.29) is 18.5 Å². The molecule has 1 aliphatic rings. The number of likely N-dealkylation sites (N-methyl/N-ethyl adjacent to an activating group) is 1. The number of methoxy groups -OCH3 is 1. The summed E-state index contributed by atoms with van der Waals surface area (Å²) >= 11 is 0. The molecule has 0 spiro atoms. The van der Waals surface area contributed by atoms with E-state index in [1.807, 2.05) is 19.1 Å². The maximum atomic E-state index is 6.00. The molecular formula is C31H40N4O. The normalized spacial score (nSPS) is 21.2. The highest BCUT2D eigenvalue weighted by Gasteiger charge is 2.36. The molecule has 0 bridgehead atoms. The van der Waals surface area contributed by atoms with E-state index in [0.29, 0.717) is 6.54 Å². The summed E-state index contributed by atoms with van der Waals surface area (Å²) in [7, 11) is 3.85. The second-order valence-corrected chi connectivity index (χ2v) is 9.00. The molecule has 0 amide bonds. The fraction of sp³-hybridized carbons (Fsp3) is 0.355. The van der Waals surface area contributed by atoms with E-state index in [9.17, 15) is 0 Å². The van der Waals surface area contributed by atoms with E-state index in [1.54, 1.807) is 7.11 Å². The maximum Gasteiger partial charge on any atom is 0.128 e. The molecule has 2 aromatic carbocycles. The second-order valence-electron chi connectivity index (χ2n) is 9.00. The van der Waals surface area contributed by atoms with Crippen LogP contribution in [-0.4, -0.2) is 25.2 Å². The molecule has 36 heavy (non-hydrogen) atoms. The van der Waals surface area contributed by atoms with Gasteiger partial charge in [-0.05, 0) is 55.2 Å². The maximum absolute atomic E-state index is 6.00. The number of ether oxygens (including phenoxy) is 1. The van der Waals surface area contributed by atoms with Gasteiger partial charge in [0.1, 0.15) is 5.75 Å². The zero-order valence-corrected chi connectivity index (χ0v) is 22.0. The van der Waals surface area contributed by atoms with Gasteiger partial charge in [0.05, 0.1) is 25.6 Å². The molecule has 190 valence electrons. The van der Waals surface area contributed by atoms with Crippen molar-refractivity contribution in [3.63, 3.8) is 0 Å². The van der Waals surface area contributed by atoms with E-state index < -0.39 is 0 Å². The van der Waals surface area contributed by atoms with Crippen molar-refractivity contribution in [3.8, 4) is 18.1 Å². The predicted octanol–water partition coefficient (Wildman–Crippen LogP) is 5.34. The zero-order valence-electron chi connectivity index (χ0n) is 22.0. The van der Waals surface area contributed by atoms with Gasteiger partial charge in [0.2, 0.25) is 0 Å². The highest BCUT2D eigenvalue weighted by molar-refractivity contribution is 5.45. The van der Waals surface area contributed by atoms with Crippen molar-refractivity contribution >= 4 is 0 Å². The molecule has 4 N–H and O–H groups in total. The predicted molar refractivity (Wildman–Crippen MR) is 150 cm³/mol. The minimum atomic E-state index is -0.122. The van der Waals surface area contributed by atoms with Gasteiger partial charge >= 0.3 is 0 Å². The van der Waals surface area contributed by atoms with Crippen molar-refractivity contribution in [1.29, 1.82) is 0 Å². The molecule has 1 fully saturated rings.